The van der Waals surface area contributed by atoms with Gasteiger partial charge in [-0.2, -0.15) is 5.10 Å². The van der Waals surface area contributed by atoms with Gasteiger partial charge in [-0.25, -0.2) is 4.79 Å². The van der Waals surface area contributed by atoms with Crippen molar-refractivity contribution in [2.45, 2.75) is 40.8 Å². The minimum atomic E-state index is -0.464. The SMILES string of the molecule is CCn1ncc(CN(C)CC(=O)Nc2scc(-c3cc(C)ccc3C)c2C(=O)OC)c1C. The normalized spacial score (nSPS) is 11.1. The lowest BCUT2D eigenvalue weighted by Crippen LogP contribution is -2.30. The number of carbonyl (C=O) groups is 2. The van der Waals surface area contributed by atoms with Gasteiger partial charge >= 0.3 is 5.97 Å². The van der Waals surface area contributed by atoms with Gasteiger partial charge in [0, 0.05) is 35.3 Å². The number of nitrogens with one attached hydrogen (secondary N) is 1. The van der Waals surface area contributed by atoms with E-state index in [4.69, 9.17) is 4.74 Å². The lowest BCUT2D eigenvalue weighted by atomic mass is 9.97. The Morgan fingerprint density at radius 1 is 1.22 bits per heavy atom. The Labute approximate surface area is 193 Å². The molecule has 1 N–H and O–H groups in total. The first-order chi connectivity index (χ1) is 15.2. The summed E-state index contributed by atoms with van der Waals surface area (Å²) in [5, 5.41) is 9.67. The number of benzene rings is 1. The summed E-state index contributed by atoms with van der Waals surface area (Å²) in [6, 6.07) is 6.11. The van der Waals surface area contributed by atoms with E-state index in [0.717, 1.165) is 40.1 Å². The molecule has 0 aliphatic heterocycles. The number of rotatable bonds is 8. The van der Waals surface area contributed by atoms with Crippen LogP contribution < -0.4 is 5.32 Å². The molecule has 2 heterocycles. The van der Waals surface area contributed by atoms with E-state index >= 15 is 0 Å². The van der Waals surface area contributed by atoms with Crippen molar-refractivity contribution in [3.63, 3.8) is 0 Å². The Morgan fingerprint density at radius 2 is 1.97 bits per heavy atom. The number of hydrogen-bond donors (Lipinski definition) is 1. The number of aryl methyl sites for hydroxylation is 3. The van der Waals surface area contributed by atoms with Gasteiger partial charge in [-0.1, -0.05) is 23.8 Å². The van der Waals surface area contributed by atoms with Gasteiger partial charge in [0.1, 0.15) is 10.6 Å². The summed E-state index contributed by atoms with van der Waals surface area (Å²) in [6.07, 6.45) is 1.85. The first-order valence-electron chi connectivity index (χ1n) is 10.5. The number of ether oxygens (including phenoxy) is 1. The molecular weight excluding hydrogens is 424 g/mol. The van der Waals surface area contributed by atoms with Crippen molar-refractivity contribution in [2.75, 3.05) is 26.0 Å². The molecule has 32 heavy (non-hydrogen) atoms. The maximum atomic E-state index is 12.8. The Morgan fingerprint density at radius 3 is 2.62 bits per heavy atom. The molecule has 1 aromatic carbocycles. The fourth-order valence-corrected chi connectivity index (χ4v) is 4.66. The number of methoxy groups -OCH3 is 1. The summed E-state index contributed by atoms with van der Waals surface area (Å²) in [7, 11) is 3.24. The van der Waals surface area contributed by atoms with Crippen LogP contribution in [0.25, 0.3) is 11.1 Å². The molecule has 0 saturated heterocycles. The molecule has 0 unspecified atom stereocenters. The minimum Gasteiger partial charge on any atom is -0.465 e. The summed E-state index contributed by atoms with van der Waals surface area (Å²) in [4.78, 5) is 27.3. The Bertz CT molecular complexity index is 1130. The molecule has 170 valence electrons. The molecule has 3 aromatic rings. The van der Waals surface area contributed by atoms with E-state index in [2.05, 4.69) is 10.4 Å². The fraction of sp³-hybridized carbons (Fsp3) is 0.375. The maximum Gasteiger partial charge on any atom is 0.341 e. The van der Waals surface area contributed by atoms with Crippen LogP contribution in [0.5, 0.6) is 0 Å². The molecule has 0 bridgehead atoms. The van der Waals surface area contributed by atoms with E-state index in [0.29, 0.717) is 17.1 Å². The second kappa shape index (κ2) is 10.1. The Hall–Kier alpha value is -2.97. The highest BCUT2D eigenvalue weighted by Gasteiger charge is 2.23. The number of nitrogens with zero attached hydrogens (tertiary/aromatic N) is 3. The fourth-order valence-electron chi connectivity index (χ4n) is 3.70. The Kier molecular flexibility index (Phi) is 7.48. The highest BCUT2D eigenvalue weighted by atomic mass is 32.1. The zero-order valence-electron chi connectivity index (χ0n) is 19.5. The van der Waals surface area contributed by atoms with Crippen LogP contribution in [0, 0.1) is 20.8 Å². The van der Waals surface area contributed by atoms with Crippen molar-refractivity contribution < 1.29 is 14.3 Å². The monoisotopic (exact) mass is 454 g/mol. The Balaban J connectivity index is 1.78. The second-order valence-corrected chi connectivity index (χ2v) is 8.83. The van der Waals surface area contributed by atoms with Gasteiger partial charge in [-0.05, 0) is 45.9 Å². The van der Waals surface area contributed by atoms with Gasteiger partial charge in [0.25, 0.3) is 0 Å². The average molecular weight is 455 g/mol. The van der Waals surface area contributed by atoms with Gasteiger partial charge < -0.3 is 10.1 Å². The van der Waals surface area contributed by atoms with E-state index in [1.807, 2.05) is 74.1 Å². The first-order valence-corrected chi connectivity index (χ1v) is 11.4. The van der Waals surface area contributed by atoms with Gasteiger partial charge in [0.15, 0.2) is 0 Å². The second-order valence-electron chi connectivity index (χ2n) is 7.95. The third-order valence-corrected chi connectivity index (χ3v) is 6.37. The third kappa shape index (κ3) is 5.08. The van der Waals surface area contributed by atoms with E-state index < -0.39 is 5.97 Å². The number of thiophene rings is 1. The number of aromatic nitrogens is 2. The van der Waals surface area contributed by atoms with E-state index in [1.165, 1.54) is 18.4 Å². The highest BCUT2D eigenvalue weighted by molar-refractivity contribution is 7.15. The molecule has 0 fully saturated rings. The van der Waals surface area contributed by atoms with Crippen LogP contribution in [0.4, 0.5) is 5.00 Å². The highest BCUT2D eigenvalue weighted by Crippen LogP contribution is 2.38. The number of esters is 1. The van der Waals surface area contributed by atoms with Crippen LogP contribution in [0.1, 0.15) is 39.7 Å². The van der Waals surface area contributed by atoms with Crippen LogP contribution in [0.2, 0.25) is 0 Å². The van der Waals surface area contributed by atoms with Gasteiger partial charge in [-0.15, -0.1) is 11.3 Å². The standard InChI is InChI=1S/C24H30N4O3S/c1-7-28-17(4)18(11-25-28)12-27(5)13-21(29)26-23-22(24(30)31-6)20(14-32-23)19-10-15(2)8-9-16(19)3/h8-11,14H,7,12-13H2,1-6H3,(H,26,29). The van der Waals surface area contributed by atoms with Crippen molar-refractivity contribution in [1.82, 2.24) is 14.7 Å². The largest absolute Gasteiger partial charge is 0.465 e. The number of amides is 1. The molecule has 2 aromatic heterocycles. The van der Waals surface area contributed by atoms with Crippen LogP contribution in [-0.4, -0.2) is 47.3 Å². The predicted molar refractivity (Wildman–Crippen MR) is 128 cm³/mol. The van der Waals surface area contributed by atoms with Gasteiger partial charge in [-0.3, -0.25) is 14.4 Å². The zero-order valence-corrected chi connectivity index (χ0v) is 20.3. The number of likely N-dealkylation sites (N-methyl/N-ethyl adjacent to an activating group) is 1. The smallest absolute Gasteiger partial charge is 0.341 e. The van der Waals surface area contributed by atoms with Crippen molar-refractivity contribution in [3.05, 3.63) is 57.7 Å². The van der Waals surface area contributed by atoms with Crippen LogP contribution in [0.3, 0.4) is 0 Å². The summed E-state index contributed by atoms with van der Waals surface area (Å²) >= 11 is 1.33. The predicted octanol–water partition coefficient (Wildman–Crippen LogP) is 4.41. The summed E-state index contributed by atoms with van der Waals surface area (Å²) in [5.74, 6) is -0.652. The van der Waals surface area contributed by atoms with Crippen molar-refractivity contribution in [2.24, 2.45) is 0 Å². The quantitative estimate of drug-likeness (QED) is 0.510. The molecule has 0 radical (unpaired) electrons. The molecule has 7 nitrogen and oxygen atoms in total. The molecular formula is C24H30N4O3S. The molecule has 8 heteroatoms. The summed E-state index contributed by atoms with van der Waals surface area (Å²) in [6.45, 7) is 9.71. The molecule has 0 atom stereocenters. The summed E-state index contributed by atoms with van der Waals surface area (Å²) < 4.78 is 6.97. The molecule has 3 rings (SSSR count). The topological polar surface area (TPSA) is 76.5 Å². The molecule has 1 amide bonds. The zero-order chi connectivity index (χ0) is 23.4. The number of carbonyl (C=O) groups excluding carboxylic acids is 2. The molecule has 0 aliphatic rings. The first kappa shape index (κ1) is 23.7. The summed E-state index contributed by atoms with van der Waals surface area (Å²) in [5.41, 5.74) is 6.47. The van der Waals surface area contributed by atoms with E-state index in [-0.39, 0.29) is 12.5 Å². The van der Waals surface area contributed by atoms with E-state index in [9.17, 15) is 9.59 Å². The third-order valence-electron chi connectivity index (χ3n) is 5.47. The molecule has 0 aliphatic carbocycles. The van der Waals surface area contributed by atoms with Crippen LogP contribution >= 0.6 is 11.3 Å². The maximum absolute atomic E-state index is 12.8. The molecule has 0 saturated carbocycles. The molecule has 0 spiro atoms. The van der Waals surface area contributed by atoms with Gasteiger partial charge in [0.05, 0.1) is 19.9 Å². The van der Waals surface area contributed by atoms with E-state index in [1.54, 1.807) is 0 Å². The van der Waals surface area contributed by atoms with Crippen molar-refractivity contribution >= 4 is 28.2 Å². The van der Waals surface area contributed by atoms with Crippen LogP contribution in [0.15, 0.2) is 29.8 Å². The number of anilines is 1. The van der Waals surface area contributed by atoms with Crippen molar-refractivity contribution in [1.29, 1.82) is 0 Å². The average Bonchev–Trinajstić information content (AvgIpc) is 3.32. The minimum absolute atomic E-state index is 0.187. The van der Waals surface area contributed by atoms with Crippen molar-refractivity contribution in [3.8, 4) is 11.1 Å². The van der Waals surface area contributed by atoms with Crippen LogP contribution in [-0.2, 0) is 22.6 Å². The number of hydrogen-bond acceptors (Lipinski definition) is 6. The van der Waals surface area contributed by atoms with Gasteiger partial charge in [0.2, 0.25) is 5.91 Å². The lowest BCUT2D eigenvalue weighted by molar-refractivity contribution is -0.117. The lowest BCUT2D eigenvalue weighted by Gasteiger charge is -2.16.